The molecule has 2 aromatic carbocycles. The lowest BCUT2D eigenvalue weighted by molar-refractivity contribution is -0.115. The number of aromatic nitrogens is 2. The smallest absolute Gasteiger partial charge is 0.229 e. The molecule has 0 aliphatic heterocycles. The van der Waals surface area contributed by atoms with Crippen molar-refractivity contribution in [2.45, 2.75) is 20.0 Å². The molecule has 0 radical (unpaired) electrons. The molecule has 1 heterocycles. The standard InChI is InChI=1S/C20H18ClN3O2/c1-13-20(24-19(26)10-14-4-8-17(21)9-5-14)22-11-18(23-13)16-6-2-15(12-25)3-7-16/h2-9,11,25H,10,12H2,1H3,(H,22,24,26). The minimum atomic E-state index is -0.162. The van der Waals surface area contributed by atoms with Gasteiger partial charge in [-0.2, -0.15) is 0 Å². The third-order valence-electron chi connectivity index (χ3n) is 3.91. The van der Waals surface area contributed by atoms with Gasteiger partial charge in [0.25, 0.3) is 0 Å². The number of hydrogen-bond donors (Lipinski definition) is 2. The summed E-state index contributed by atoms with van der Waals surface area (Å²) in [5.74, 6) is 0.282. The Labute approximate surface area is 156 Å². The number of aliphatic hydroxyl groups is 1. The second-order valence-electron chi connectivity index (χ2n) is 5.90. The van der Waals surface area contributed by atoms with Crippen molar-refractivity contribution in [3.8, 4) is 11.3 Å². The van der Waals surface area contributed by atoms with E-state index in [1.165, 1.54) is 0 Å². The van der Waals surface area contributed by atoms with Crippen LogP contribution in [0.5, 0.6) is 0 Å². The maximum Gasteiger partial charge on any atom is 0.229 e. The van der Waals surface area contributed by atoms with Crippen LogP contribution in [0.1, 0.15) is 16.8 Å². The fourth-order valence-electron chi connectivity index (χ4n) is 2.49. The summed E-state index contributed by atoms with van der Waals surface area (Å²) in [7, 11) is 0. The number of carbonyl (C=O) groups is 1. The highest BCUT2D eigenvalue weighted by molar-refractivity contribution is 6.30. The zero-order valence-corrected chi connectivity index (χ0v) is 15.0. The van der Waals surface area contributed by atoms with E-state index in [0.29, 0.717) is 22.2 Å². The monoisotopic (exact) mass is 367 g/mol. The molecule has 0 fully saturated rings. The molecule has 6 heteroatoms. The quantitative estimate of drug-likeness (QED) is 0.719. The van der Waals surface area contributed by atoms with Crippen LogP contribution in [0.4, 0.5) is 5.82 Å². The minimum Gasteiger partial charge on any atom is -0.392 e. The van der Waals surface area contributed by atoms with Crippen LogP contribution in [-0.2, 0) is 17.8 Å². The van der Waals surface area contributed by atoms with Gasteiger partial charge < -0.3 is 10.4 Å². The maximum atomic E-state index is 12.2. The number of aliphatic hydroxyl groups excluding tert-OH is 1. The molecule has 132 valence electrons. The lowest BCUT2D eigenvalue weighted by atomic mass is 10.1. The molecule has 0 saturated heterocycles. The summed E-state index contributed by atoms with van der Waals surface area (Å²) < 4.78 is 0. The average Bonchev–Trinajstić information content (AvgIpc) is 2.65. The van der Waals surface area contributed by atoms with E-state index in [-0.39, 0.29) is 18.9 Å². The number of halogens is 1. The van der Waals surface area contributed by atoms with Gasteiger partial charge in [0.2, 0.25) is 5.91 Å². The summed E-state index contributed by atoms with van der Waals surface area (Å²) in [5, 5.41) is 12.5. The highest BCUT2D eigenvalue weighted by Crippen LogP contribution is 2.20. The first kappa shape index (κ1) is 18.0. The molecule has 0 spiro atoms. The Morgan fingerprint density at radius 3 is 2.35 bits per heavy atom. The molecule has 2 N–H and O–H groups in total. The summed E-state index contributed by atoms with van der Waals surface area (Å²) in [4.78, 5) is 21.1. The van der Waals surface area contributed by atoms with E-state index in [2.05, 4.69) is 15.3 Å². The number of anilines is 1. The van der Waals surface area contributed by atoms with Gasteiger partial charge in [0.1, 0.15) is 0 Å². The van der Waals surface area contributed by atoms with Crippen LogP contribution in [0.3, 0.4) is 0 Å². The molecule has 0 saturated carbocycles. The van der Waals surface area contributed by atoms with Crippen LogP contribution in [-0.4, -0.2) is 21.0 Å². The second kappa shape index (κ2) is 8.08. The summed E-state index contributed by atoms with van der Waals surface area (Å²) in [6.07, 6.45) is 1.86. The first-order chi connectivity index (χ1) is 12.5. The second-order valence-corrected chi connectivity index (χ2v) is 6.33. The van der Waals surface area contributed by atoms with Crippen LogP contribution in [0.25, 0.3) is 11.3 Å². The predicted molar refractivity (Wildman–Crippen MR) is 102 cm³/mol. The van der Waals surface area contributed by atoms with Gasteiger partial charge in [-0.1, -0.05) is 48.0 Å². The van der Waals surface area contributed by atoms with Crippen LogP contribution >= 0.6 is 11.6 Å². The zero-order chi connectivity index (χ0) is 18.5. The van der Waals surface area contributed by atoms with Gasteiger partial charge in [-0.05, 0) is 30.2 Å². The lowest BCUT2D eigenvalue weighted by Crippen LogP contribution is -2.16. The van der Waals surface area contributed by atoms with Crippen molar-refractivity contribution >= 4 is 23.3 Å². The number of nitrogens with zero attached hydrogens (tertiary/aromatic N) is 2. The summed E-state index contributed by atoms with van der Waals surface area (Å²) >= 11 is 5.85. The van der Waals surface area contributed by atoms with Crippen LogP contribution in [0.15, 0.2) is 54.7 Å². The molecule has 0 aliphatic carbocycles. The summed E-state index contributed by atoms with van der Waals surface area (Å²) in [6.45, 7) is 1.81. The molecular weight excluding hydrogens is 350 g/mol. The van der Waals surface area contributed by atoms with E-state index in [9.17, 15) is 4.79 Å². The lowest BCUT2D eigenvalue weighted by Gasteiger charge is -2.09. The highest BCUT2D eigenvalue weighted by atomic mass is 35.5. The first-order valence-electron chi connectivity index (χ1n) is 8.13. The molecular formula is C20H18ClN3O2. The summed E-state index contributed by atoms with van der Waals surface area (Å²) in [5.41, 5.74) is 3.96. The number of rotatable bonds is 5. The third kappa shape index (κ3) is 4.45. The Morgan fingerprint density at radius 1 is 1.08 bits per heavy atom. The minimum absolute atomic E-state index is 0.00355. The molecule has 5 nitrogen and oxygen atoms in total. The van der Waals surface area contributed by atoms with Crippen molar-refractivity contribution in [3.63, 3.8) is 0 Å². The van der Waals surface area contributed by atoms with Gasteiger partial charge in [0.05, 0.1) is 30.6 Å². The fourth-order valence-corrected chi connectivity index (χ4v) is 2.61. The Bertz CT molecular complexity index is 909. The maximum absolute atomic E-state index is 12.2. The van der Waals surface area contributed by atoms with E-state index in [0.717, 1.165) is 16.7 Å². The van der Waals surface area contributed by atoms with Crippen molar-refractivity contribution in [1.29, 1.82) is 0 Å². The van der Waals surface area contributed by atoms with Gasteiger partial charge in [0, 0.05) is 10.6 Å². The van der Waals surface area contributed by atoms with Crippen molar-refractivity contribution in [1.82, 2.24) is 9.97 Å². The van der Waals surface area contributed by atoms with Gasteiger partial charge in [-0.15, -0.1) is 0 Å². The van der Waals surface area contributed by atoms with E-state index in [1.54, 1.807) is 25.3 Å². The van der Waals surface area contributed by atoms with Crippen molar-refractivity contribution in [2.75, 3.05) is 5.32 Å². The van der Waals surface area contributed by atoms with E-state index < -0.39 is 0 Å². The molecule has 3 rings (SSSR count). The molecule has 1 aromatic heterocycles. The van der Waals surface area contributed by atoms with E-state index in [1.807, 2.05) is 36.4 Å². The zero-order valence-electron chi connectivity index (χ0n) is 14.2. The number of nitrogens with one attached hydrogen (secondary N) is 1. The topological polar surface area (TPSA) is 75.1 Å². The molecule has 0 aliphatic rings. The molecule has 0 bridgehead atoms. The van der Waals surface area contributed by atoms with E-state index >= 15 is 0 Å². The van der Waals surface area contributed by atoms with Gasteiger partial charge in [-0.25, -0.2) is 9.97 Å². The fraction of sp³-hybridized carbons (Fsp3) is 0.150. The number of carbonyl (C=O) groups excluding carboxylic acids is 1. The van der Waals surface area contributed by atoms with Gasteiger partial charge >= 0.3 is 0 Å². The molecule has 0 unspecified atom stereocenters. The van der Waals surface area contributed by atoms with E-state index in [4.69, 9.17) is 16.7 Å². The van der Waals surface area contributed by atoms with Crippen molar-refractivity contribution in [2.24, 2.45) is 0 Å². The van der Waals surface area contributed by atoms with Gasteiger partial charge in [0.15, 0.2) is 5.82 Å². The Morgan fingerprint density at radius 2 is 1.73 bits per heavy atom. The Hall–Kier alpha value is -2.76. The SMILES string of the molecule is Cc1nc(-c2ccc(CO)cc2)cnc1NC(=O)Cc1ccc(Cl)cc1. The molecule has 1 amide bonds. The summed E-state index contributed by atoms with van der Waals surface area (Å²) in [6, 6.07) is 14.6. The number of benzene rings is 2. The third-order valence-corrected chi connectivity index (χ3v) is 4.17. The van der Waals surface area contributed by atoms with Crippen molar-refractivity contribution in [3.05, 3.63) is 76.6 Å². The van der Waals surface area contributed by atoms with Crippen LogP contribution in [0.2, 0.25) is 5.02 Å². The predicted octanol–water partition coefficient (Wildman–Crippen LogP) is 3.78. The van der Waals surface area contributed by atoms with Crippen LogP contribution < -0.4 is 5.32 Å². The molecule has 0 atom stereocenters. The number of amides is 1. The normalized spacial score (nSPS) is 10.6. The Kier molecular flexibility index (Phi) is 5.61. The largest absolute Gasteiger partial charge is 0.392 e. The first-order valence-corrected chi connectivity index (χ1v) is 8.51. The molecule has 3 aromatic rings. The molecule has 26 heavy (non-hydrogen) atoms. The average molecular weight is 368 g/mol. The van der Waals surface area contributed by atoms with Gasteiger partial charge in [-0.3, -0.25) is 4.79 Å². The number of hydrogen-bond acceptors (Lipinski definition) is 4. The van der Waals surface area contributed by atoms with Crippen molar-refractivity contribution < 1.29 is 9.90 Å². The highest BCUT2D eigenvalue weighted by Gasteiger charge is 2.10. The van der Waals surface area contributed by atoms with Crippen LogP contribution in [0, 0.1) is 6.92 Å². The number of aryl methyl sites for hydroxylation is 1. The Balaban J connectivity index is 1.70.